The zero-order chi connectivity index (χ0) is 12.8. The van der Waals surface area contributed by atoms with E-state index in [2.05, 4.69) is 10.3 Å². The van der Waals surface area contributed by atoms with E-state index in [-0.39, 0.29) is 11.1 Å². The second-order valence-electron chi connectivity index (χ2n) is 4.50. The van der Waals surface area contributed by atoms with Gasteiger partial charge in [0.05, 0.1) is 11.6 Å². The average Bonchev–Trinajstić information content (AvgIpc) is 2.95. The first kappa shape index (κ1) is 11.4. The summed E-state index contributed by atoms with van der Waals surface area (Å²) in [5.41, 5.74) is 0.464. The van der Waals surface area contributed by atoms with Gasteiger partial charge in [-0.2, -0.15) is 8.78 Å². The van der Waals surface area contributed by atoms with Gasteiger partial charge in [0.15, 0.2) is 5.58 Å². The number of oxazole rings is 1. The third kappa shape index (κ3) is 1.73. The van der Waals surface area contributed by atoms with Gasteiger partial charge in [0.1, 0.15) is 0 Å². The highest BCUT2D eigenvalue weighted by Crippen LogP contribution is 2.36. The van der Waals surface area contributed by atoms with Crippen molar-refractivity contribution in [3.63, 3.8) is 0 Å². The van der Waals surface area contributed by atoms with E-state index in [0.717, 1.165) is 6.42 Å². The number of alkyl halides is 2. The Bertz CT molecular complexity index is 626. The van der Waals surface area contributed by atoms with Crippen LogP contribution in [0.25, 0.3) is 11.1 Å². The Balaban J connectivity index is 2.04. The molecule has 0 spiro atoms. The molecule has 0 aliphatic carbocycles. The first-order valence-electron chi connectivity index (χ1n) is 5.82. The minimum Gasteiger partial charge on any atom is -0.408 e. The lowest BCUT2D eigenvalue weighted by molar-refractivity contribution is -0.0375. The van der Waals surface area contributed by atoms with Gasteiger partial charge in [-0.05, 0) is 31.5 Å². The topological polar surface area (TPSA) is 58.0 Å². The van der Waals surface area contributed by atoms with Crippen LogP contribution in [-0.4, -0.2) is 17.6 Å². The summed E-state index contributed by atoms with van der Waals surface area (Å²) in [5.74, 6) is -3.59. The van der Waals surface area contributed by atoms with Gasteiger partial charge in [-0.3, -0.25) is 4.98 Å². The van der Waals surface area contributed by atoms with Crippen LogP contribution in [0.3, 0.4) is 0 Å². The molecule has 6 heteroatoms. The van der Waals surface area contributed by atoms with E-state index >= 15 is 0 Å². The number of halogens is 2. The molecule has 1 aliphatic rings. The molecule has 1 aromatic heterocycles. The minimum absolute atomic E-state index is 0.128. The molecule has 2 N–H and O–H groups in total. The van der Waals surface area contributed by atoms with E-state index < -0.39 is 17.7 Å². The molecule has 18 heavy (non-hydrogen) atoms. The predicted molar refractivity (Wildman–Crippen MR) is 61.8 cm³/mol. The molecule has 0 radical (unpaired) electrons. The van der Waals surface area contributed by atoms with Crippen molar-refractivity contribution < 1.29 is 13.2 Å². The van der Waals surface area contributed by atoms with Crippen LogP contribution in [0.1, 0.15) is 18.4 Å². The average molecular weight is 254 g/mol. The molecule has 1 aromatic carbocycles. The lowest BCUT2D eigenvalue weighted by atomic mass is 9.99. The minimum atomic E-state index is -2.96. The molecule has 0 bridgehead atoms. The van der Waals surface area contributed by atoms with Gasteiger partial charge in [0.2, 0.25) is 0 Å². The maximum absolute atomic E-state index is 14.2. The van der Waals surface area contributed by atoms with Crippen molar-refractivity contribution in [3.05, 3.63) is 34.3 Å². The normalized spacial score (nSPS) is 20.7. The molecule has 1 fully saturated rings. The van der Waals surface area contributed by atoms with Gasteiger partial charge in [0, 0.05) is 5.56 Å². The quantitative estimate of drug-likeness (QED) is 0.861. The number of aromatic amines is 1. The molecule has 1 aliphatic heterocycles. The van der Waals surface area contributed by atoms with Crippen LogP contribution in [0.5, 0.6) is 0 Å². The summed E-state index contributed by atoms with van der Waals surface area (Å²) in [6.07, 6.45) is 1.20. The molecular weight excluding hydrogens is 242 g/mol. The molecule has 1 unspecified atom stereocenters. The highest BCUT2D eigenvalue weighted by Gasteiger charge is 2.42. The summed E-state index contributed by atoms with van der Waals surface area (Å²) in [4.78, 5) is 13.4. The number of rotatable bonds is 2. The summed E-state index contributed by atoms with van der Waals surface area (Å²) in [6, 6.07) is 3.15. The molecule has 1 atom stereocenters. The predicted octanol–water partition coefficient (Wildman–Crippen LogP) is 1.96. The third-order valence-electron chi connectivity index (χ3n) is 3.30. The Morgan fingerprint density at radius 1 is 1.39 bits per heavy atom. The van der Waals surface area contributed by atoms with Gasteiger partial charge in [-0.25, -0.2) is 4.79 Å². The van der Waals surface area contributed by atoms with Crippen LogP contribution < -0.4 is 11.1 Å². The van der Waals surface area contributed by atoms with E-state index in [0.29, 0.717) is 18.5 Å². The van der Waals surface area contributed by atoms with Crippen LogP contribution >= 0.6 is 0 Å². The van der Waals surface area contributed by atoms with Gasteiger partial charge in [-0.1, -0.05) is 6.07 Å². The summed E-state index contributed by atoms with van der Waals surface area (Å²) in [6.45, 7) is 0.613. The van der Waals surface area contributed by atoms with Gasteiger partial charge in [0.25, 0.3) is 5.92 Å². The van der Waals surface area contributed by atoms with E-state index in [1.807, 2.05) is 0 Å². The van der Waals surface area contributed by atoms with Crippen molar-refractivity contribution in [2.75, 3.05) is 6.54 Å². The second kappa shape index (κ2) is 3.91. The maximum atomic E-state index is 14.2. The van der Waals surface area contributed by atoms with Crippen LogP contribution in [0.4, 0.5) is 8.78 Å². The molecule has 1 saturated heterocycles. The van der Waals surface area contributed by atoms with Crippen molar-refractivity contribution in [1.29, 1.82) is 0 Å². The number of fused-ring (bicyclic) bond motifs is 1. The first-order valence-corrected chi connectivity index (χ1v) is 5.82. The SMILES string of the molecule is O=c1[nH]c2ccc(C(F)(F)C3CCCN3)cc2o1. The lowest BCUT2D eigenvalue weighted by Crippen LogP contribution is -2.38. The summed E-state index contributed by atoms with van der Waals surface area (Å²) < 4.78 is 33.2. The van der Waals surface area contributed by atoms with E-state index in [1.165, 1.54) is 18.2 Å². The van der Waals surface area contributed by atoms with Crippen LogP contribution in [0, 0.1) is 0 Å². The van der Waals surface area contributed by atoms with E-state index in [9.17, 15) is 13.6 Å². The zero-order valence-electron chi connectivity index (χ0n) is 9.50. The highest BCUT2D eigenvalue weighted by molar-refractivity contribution is 5.73. The molecule has 96 valence electrons. The van der Waals surface area contributed by atoms with Crippen molar-refractivity contribution >= 4 is 11.1 Å². The molecular formula is C12H12F2N2O2. The number of hydrogen-bond acceptors (Lipinski definition) is 3. The fourth-order valence-electron chi connectivity index (χ4n) is 2.35. The van der Waals surface area contributed by atoms with Gasteiger partial charge >= 0.3 is 5.76 Å². The van der Waals surface area contributed by atoms with Crippen LogP contribution in [0.2, 0.25) is 0 Å². The van der Waals surface area contributed by atoms with E-state index in [4.69, 9.17) is 4.42 Å². The van der Waals surface area contributed by atoms with Crippen molar-refractivity contribution in [1.82, 2.24) is 10.3 Å². The number of aromatic nitrogens is 1. The Morgan fingerprint density at radius 3 is 2.94 bits per heavy atom. The van der Waals surface area contributed by atoms with Gasteiger partial charge < -0.3 is 9.73 Å². The third-order valence-corrected chi connectivity index (χ3v) is 3.30. The maximum Gasteiger partial charge on any atom is 0.417 e. The molecule has 0 amide bonds. The number of nitrogens with one attached hydrogen (secondary N) is 2. The summed E-state index contributed by atoms with van der Waals surface area (Å²) in [7, 11) is 0. The molecule has 2 aromatic rings. The standard InChI is InChI=1S/C12H12F2N2O2/c13-12(14,10-2-1-5-15-10)7-3-4-8-9(6-7)18-11(17)16-8/h3-4,6,10,15H,1-2,5H2,(H,16,17). The van der Waals surface area contributed by atoms with Gasteiger partial charge in [-0.15, -0.1) is 0 Å². The molecule has 3 rings (SSSR count). The Labute approximate surface area is 101 Å². The van der Waals surface area contributed by atoms with Crippen molar-refractivity contribution in [3.8, 4) is 0 Å². The summed E-state index contributed by atoms with van der Waals surface area (Å²) in [5, 5.41) is 2.80. The Hall–Kier alpha value is -1.69. The molecule has 4 nitrogen and oxygen atoms in total. The fourth-order valence-corrected chi connectivity index (χ4v) is 2.35. The largest absolute Gasteiger partial charge is 0.417 e. The second-order valence-corrected chi connectivity index (χ2v) is 4.50. The van der Waals surface area contributed by atoms with Crippen LogP contribution in [0.15, 0.2) is 27.4 Å². The monoisotopic (exact) mass is 254 g/mol. The first-order chi connectivity index (χ1) is 8.57. The summed E-state index contributed by atoms with van der Waals surface area (Å²) >= 11 is 0. The van der Waals surface area contributed by atoms with E-state index in [1.54, 1.807) is 0 Å². The van der Waals surface area contributed by atoms with Crippen LogP contribution in [-0.2, 0) is 5.92 Å². The molecule has 2 heterocycles. The number of benzene rings is 1. The fraction of sp³-hybridized carbons (Fsp3) is 0.417. The number of hydrogen-bond donors (Lipinski definition) is 2. The van der Waals surface area contributed by atoms with Crippen molar-refractivity contribution in [2.45, 2.75) is 24.8 Å². The smallest absolute Gasteiger partial charge is 0.408 e. The Kier molecular flexibility index (Phi) is 2.48. The number of H-pyrrole nitrogens is 1. The Morgan fingerprint density at radius 2 is 2.22 bits per heavy atom. The van der Waals surface area contributed by atoms with Crippen molar-refractivity contribution in [2.24, 2.45) is 0 Å². The molecule has 0 saturated carbocycles. The highest BCUT2D eigenvalue weighted by atomic mass is 19.3. The lowest BCUT2D eigenvalue weighted by Gasteiger charge is -2.23. The zero-order valence-corrected chi connectivity index (χ0v) is 9.50.